The third-order valence-electron chi connectivity index (χ3n) is 4.66. The maximum Gasteiger partial charge on any atom is 0.329 e. The minimum atomic E-state index is -0.894. The molecule has 0 fully saturated rings. The first-order valence-electron chi connectivity index (χ1n) is 9.39. The molecule has 0 unspecified atom stereocenters. The number of ether oxygens (including phenoxy) is 1. The van der Waals surface area contributed by atoms with Crippen molar-refractivity contribution in [3.05, 3.63) is 58.4 Å². The van der Waals surface area contributed by atoms with E-state index in [4.69, 9.17) is 4.74 Å². The van der Waals surface area contributed by atoms with Crippen LogP contribution in [0, 0.1) is 19.8 Å². The van der Waals surface area contributed by atoms with Crippen LogP contribution in [0.5, 0.6) is 0 Å². The lowest BCUT2D eigenvalue weighted by Crippen LogP contribution is -2.45. The third-order valence-corrected chi connectivity index (χ3v) is 4.66. The number of rotatable bonds is 8. The molecule has 1 aromatic carbocycles. The molecule has 7 heteroatoms. The van der Waals surface area contributed by atoms with Crippen molar-refractivity contribution in [3.8, 4) is 0 Å². The number of amides is 1. The summed E-state index contributed by atoms with van der Waals surface area (Å²) in [6, 6.07) is 7.64. The Hall–Kier alpha value is -3.22. The van der Waals surface area contributed by atoms with Gasteiger partial charge in [-0.3, -0.25) is 14.4 Å². The van der Waals surface area contributed by atoms with Gasteiger partial charge in [-0.05, 0) is 44.4 Å². The summed E-state index contributed by atoms with van der Waals surface area (Å²) in [5.74, 6) is -1.90. The van der Waals surface area contributed by atoms with Gasteiger partial charge in [0.25, 0.3) is 5.91 Å². The number of nitrogens with one attached hydrogen (secondary N) is 2. The largest absolute Gasteiger partial charge is 0.456 e. The summed E-state index contributed by atoms with van der Waals surface area (Å²) in [6.07, 6.45) is 0. The molecule has 1 amide bonds. The van der Waals surface area contributed by atoms with Crippen LogP contribution >= 0.6 is 0 Å². The zero-order chi connectivity index (χ0) is 21.7. The second-order valence-electron chi connectivity index (χ2n) is 7.27. The first kappa shape index (κ1) is 22.1. The van der Waals surface area contributed by atoms with Crippen LogP contribution in [-0.4, -0.2) is 41.1 Å². The number of H-pyrrole nitrogens is 1. The van der Waals surface area contributed by atoms with E-state index in [0.717, 1.165) is 0 Å². The highest BCUT2D eigenvalue weighted by molar-refractivity contribution is 6.04. The molecule has 0 bridgehead atoms. The van der Waals surface area contributed by atoms with Crippen LogP contribution in [-0.2, 0) is 9.53 Å². The van der Waals surface area contributed by atoms with E-state index in [1.807, 2.05) is 0 Å². The Morgan fingerprint density at radius 3 is 2.21 bits per heavy atom. The summed E-state index contributed by atoms with van der Waals surface area (Å²) in [4.78, 5) is 51.9. The van der Waals surface area contributed by atoms with E-state index in [1.165, 1.54) is 6.92 Å². The highest BCUT2D eigenvalue weighted by Gasteiger charge is 2.28. The minimum Gasteiger partial charge on any atom is -0.456 e. The molecular weight excluding hydrogens is 372 g/mol. The van der Waals surface area contributed by atoms with E-state index < -0.39 is 30.3 Å². The number of hydrogen-bond donors (Lipinski definition) is 2. The fraction of sp³-hybridized carbons (Fsp3) is 0.364. The molecule has 0 aliphatic carbocycles. The highest BCUT2D eigenvalue weighted by Crippen LogP contribution is 2.19. The van der Waals surface area contributed by atoms with Gasteiger partial charge in [-0.25, -0.2) is 4.79 Å². The van der Waals surface area contributed by atoms with Gasteiger partial charge in [0, 0.05) is 16.8 Å². The van der Waals surface area contributed by atoms with Gasteiger partial charge in [-0.1, -0.05) is 32.0 Å². The molecule has 7 nitrogen and oxygen atoms in total. The van der Waals surface area contributed by atoms with Crippen LogP contribution in [0.1, 0.15) is 63.2 Å². The Balaban J connectivity index is 2.05. The van der Waals surface area contributed by atoms with Gasteiger partial charge < -0.3 is 15.0 Å². The molecule has 1 aromatic heterocycles. The van der Waals surface area contributed by atoms with Crippen molar-refractivity contribution < 1.29 is 23.9 Å². The lowest BCUT2D eigenvalue weighted by Gasteiger charge is -2.20. The standard InChI is InChI=1S/C22H26N2O5/c1-12(2)19(24-21(27)16-9-7-6-8-10-16)22(28)29-11-17(26)20-13(3)18(15(5)25)14(4)23-20/h6-10,12,19,23H,11H2,1-5H3,(H,24,27)/t19-/m0/s1. The summed E-state index contributed by atoms with van der Waals surface area (Å²) in [5, 5.41) is 2.66. The van der Waals surface area contributed by atoms with Crippen molar-refractivity contribution in [2.24, 2.45) is 5.92 Å². The topological polar surface area (TPSA) is 105 Å². The van der Waals surface area contributed by atoms with Gasteiger partial charge in [0.1, 0.15) is 6.04 Å². The maximum absolute atomic E-state index is 12.5. The summed E-state index contributed by atoms with van der Waals surface area (Å²) < 4.78 is 5.17. The minimum absolute atomic E-state index is 0.143. The molecule has 1 atom stereocenters. The first-order chi connectivity index (χ1) is 13.6. The smallest absolute Gasteiger partial charge is 0.329 e. The van der Waals surface area contributed by atoms with Gasteiger partial charge in [0.2, 0.25) is 5.78 Å². The lowest BCUT2D eigenvalue weighted by atomic mass is 10.0. The van der Waals surface area contributed by atoms with Crippen molar-refractivity contribution in [1.29, 1.82) is 0 Å². The number of aromatic amines is 1. The zero-order valence-electron chi connectivity index (χ0n) is 17.3. The molecule has 0 saturated heterocycles. The molecule has 0 aliphatic rings. The number of aryl methyl sites for hydroxylation is 1. The van der Waals surface area contributed by atoms with Crippen LogP contribution in [0.3, 0.4) is 0 Å². The summed E-state index contributed by atoms with van der Waals surface area (Å²) in [5.41, 5.74) is 2.27. The summed E-state index contributed by atoms with van der Waals surface area (Å²) in [6.45, 7) is 7.88. The molecule has 29 heavy (non-hydrogen) atoms. The van der Waals surface area contributed by atoms with Gasteiger partial charge in [0.05, 0.1) is 5.69 Å². The van der Waals surface area contributed by atoms with E-state index in [0.29, 0.717) is 22.4 Å². The van der Waals surface area contributed by atoms with Gasteiger partial charge >= 0.3 is 5.97 Å². The van der Waals surface area contributed by atoms with E-state index in [2.05, 4.69) is 10.3 Å². The van der Waals surface area contributed by atoms with Crippen molar-refractivity contribution >= 4 is 23.4 Å². The summed E-state index contributed by atoms with van der Waals surface area (Å²) in [7, 11) is 0. The van der Waals surface area contributed by atoms with Gasteiger partial charge in [-0.15, -0.1) is 0 Å². The average molecular weight is 398 g/mol. The Kier molecular flexibility index (Phi) is 7.09. The number of esters is 1. The van der Waals surface area contributed by atoms with Crippen LogP contribution in [0.25, 0.3) is 0 Å². The van der Waals surface area contributed by atoms with E-state index in [-0.39, 0.29) is 17.4 Å². The van der Waals surface area contributed by atoms with Crippen molar-refractivity contribution in [1.82, 2.24) is 10.3 Å². The Morgan fingerprint density at radius 2 is 1.69 bits per heavy atom. The number of aromatic nitrogens is 1. The predicted octanol–water partition coefficient (Wildman–Crippen LogP) is 3.01. The number of carbonyl (C=O) groups excluding carboxylic acids is 4. The second-order valence-corrected chi connectivity index (χ2v) is 7.27. The molecule has 0 radical (unpaired) electrons. The Bertz CT molecular complexity index is 928. The van der Waals surface area contributed by atoms with Crippen LogP contribution < -0.4 is 5.32 Å². The van der Waals surface area contributed by atoms with Crippen LogP contribution in [0.15, 0.2) is 30.3 Å². The van der Waals surface area contributed by atoms with Crippen molar-refractivity contribution in [3.63, 3.8) is 0 Å². The van der Waals surface area contributed by atoms with Gasteiger partial charge in [-0.2, -0.15) is 0 Å². The van der Waals surface area contributed by atoms with E-state index >= 15 is 0 Å². The number of benzene rings is 1. The lowest BCUT2D eigenvalue weighted by molar-refractivity contribution is -0.145. The monoisotopic (exact) mass is 398 g/mol. The number of carbonyl (C=O) groups is 4. The average Bonchev–Trinajstić information content (AvgIpc) is 2.98. The number of Topliss-reactive ketones (excluding diaryl/α,β-unsaturated/α-hetero) is 2. The molecule has 0 spiro atoms. The second kappa shape index (κ2) is 9.32. The Morgan fingerprint density at radius 1 is 1.07 bits per heavy atom. The van der Waals surface area contributed by atoms with Crippen LogP contribution in [0.2, 0.25) is 0 Å². The van der Waals surface area contributed by atoms with E-state index in [1.54, 1.807) is 58.0 Å². The van der Waals surface area contributed by atoms with E-state index in [9.17, 15) is 19.2 Å². The fourth-order valence-corrected chi connectivity index (χ4v) is 3.17. The van der Waals surface area contributed by atoms with Crippen LogP contribution in [0.4, 0.5) is 0 Å². The number of ketones is 2. The highest BCUT2D eigenvalue weighted by atomic mass is 16.5. The SMILES string of the molecule is CC(=O)c1c(C)[nH]c(C(=O)COC(=O)[C@@H](NC(=O)c2ccccc2)C(C)C)c1C. The number of hydrogen-bond acceptors (Lipinski definition) is 5. The quantitative estimate of drug-likeness (QED) is 0.525. The molecule has 0 saturated carbocycles. The molecule has 2 rings (SSSR count). The molecule has 2 N–H and O–H groups in total. The fourth-order valence-electron chi connectivity index (χ4n) is 3.17. The molecule has 2 aromatic rings. The Labute approximate surface area is 169 Å². The zero-order valence-corrected chi connectivity index (χ0v) is 17.3. The first-order valence-corrected chi connectivity index (χ1v) is 9.39. The maximum atomic E-state index is 12.5. The van der Waals surface area contributed by atoms with Crippen molar-refractivity contribution in [2.75, 3.05) is 6.61 Å². The predicted molar refractivity (Wildman–Crippen MR) is 108 cm³/mol. The molecule has 154 valence electrons. The normalized spacial score (nSPS) is 11.8. The third kappa shape index (κ3) is 5.19. The van der Waals surface area contributed by atoms with Crippen molar-refractivity contribution in [2.45, 2.75) is 40.7 Å². The van der Waals surface area contributed by atoms with Gasteiger partial charge in [0.15, 0.2) is 12.4 Å². The molecule has 1 heterocycles. The molecular formula is C22H26N2O5. The molecule has 0 aliphatic heterocycles. The summed E-state index contributed by atoms with van der Waals surface area (Å²) >= 11 is 0.